The van der Waals surface area contributed by atoms with Crippen LogP contribution in [0.4, 0.5) is 0 Å². The van der Waals surface area contributed by atoms with Crippen molar-refractivity contribution < 1.29 is 114 Å². The normalized spacial score (nSPS) is 27.7. The standard InChI is InChI=1S/C88H99NO24/c1-57(90)98-56-72-77(104-58(2)91)81(105-59(3)92)84(106-60(4)93)88(110-72)111-75-71(55-97-47-63-33-17-7-18-34-63)108-86(73(89)78(75)100-49-65-37-21-9-22-38-65)113-80-74(99-48-64-35-19-8-20-36-64)69(53-95-45-61-29-13-5-14-30-61)109-87(83(80)103-52-68-43-27-12-28-44-68)112-76-70(54-96-46-62-31-15-6-16-32-62)107-85(94)82(102-51-67-41-25-11-26-42-67)79(76)101-50-66-39-23-10-24-40-66/h5-44,69-88,94H,45-56,89H2,1-4H3/t69-,70-,71-,72-,73-,74+,75-,76-,77+,78-,79+,80+,81+,82-,83-,84-,85-,86+,87+,88+/m1/s1. The Bertz CT molecular complexity index is 4110. The first-order chi connectivity index (χ1) is 55.2. The summed E-state index contributed by atoms with van der Waals surface area (Å²) in [4.78, 5) is 52.2. The van der Waals surface area contributed by atoms with E-state index in [2.05, 4.69) is 0 Å². The summed E-state index contributed by atoms with van der Waals surface area (Å²) in [5.41, 5.74) is 14.3. The first kappa shape index (κ1) is 83.4. The van der Waals surface area contributed by atoms with Crippen molar-refractivity contribution in [3.8, 4) is 0 Å². The van der Waals surface area contributed by atoms with Crippen molar-refractivity contribution in [3.05, 3.63) is 287 Å². The lowest BCUT2D eigenvalue weighted by atomic mass is 9.94. The van der Waals surface area contributed by atoms with Crippen LogP contribution in [-0.4, -0.2) is 178 Å². The van der Waals surface area contributed by atoms with Gasteiger partial charge in [-0.15, -0.1) is 0 Å². The van der Waals surface area contributed by atoms with Gasteiger partial charge in [-0.05, 0) is 44.5 Å². The van der Waals surface area contributed by atoms with Crippen molar-refractivity contribution in [1.82, 2.24) is 0 Å². The van der Waals surface area contributed by atoms with Gasteiger partial charge in [-0.3, -0.25) is 19.2 Å². The summed E-state index contributed by atoms with van der Waals surface area (Å²) in [7, 11) is 0. The van der Waals surface area contributed by atoms with Crippen LogP contribution in [0.2, 0.25) is 0 Å². The summed E-state index contributed by atoms with van der Waals surface area (Å²) in [6, 6.07) is 74.8. The predicted molar refractivity (Wildman–Crippen MR) is 406 cm³/mol. The molecule has 4 fully saturated rings. The summed E-state index contributed by atoms with van der Waals surface area (Å²) < 4.78 is 129. The molecule has 600 valence electrons. The molecule has 3 N–H and O–H groups in total. The number of carbonyl (C=O) groups excluding carboxylic acids is 4. The van der Waals surface area contributed by atoms with Crippen molar-refractivity contribution in [2.24, 2.45) is 5.73 Å². The summed E-state index contributed by atoms with van der Waals surface area (Å²) >= 11 is 0. The number of hydrogen-bond donors (Lipinski definition) is 2. The van der Waals surface area contributed by atoms with Gasteiger partial charge in [0.1, 0.15) is 79.9 Å². The van der Waals surface area contributed by atoms with Crippen LogP contribution in [-0.2, 0) is 162 Å². The van der Waals surface area contributed by atoms with E-state index in [0.29, 0.717) is 0 Å². The average Bonchev–Trinajstić information content (AvgIpc) is 0.767. The Labute approximate surface area is 657 Å². The average molecular weight is 1550 g/mol. The lowest BCUT2D eigenvalue weighted by molar-refractivity contribution is -0.391. The number of benzene rings is 8. The molecule has 4 aliphatic heterocycles. The van der Waals surface area contributed by atoms with E-state index < -0.39 is 153 Å². The number of aliphatic hydroxyl groups excluding tert-OH is 1. The lowest BCUT2D eigenvalue weighted by Crippen LogP contribution is -2.70. The lowest BCUT2D eigenvalue weighted by Gasteiger charge is -2.52. The zero-order valence-corrected chi connectivity index (χ0v) is 63.5. The maximum atomic E-state index is 13.4. The van der Waals surface area contributed by atoms with E-state index in [0.717, 1.165) is 65.3 Å². The Kier molecular flexibility index (Phi) is 31.7. The third-order valence-electron chi connectivity index (χ3n) is 19.3. The van der Waals surface area contributed by atoms with E-state index >= 15 is 0 Å². The molecule has 0 saturated carbocycles. The van der Waals surface area contributed by atoms with Gasteiger partial charge in [0.05, 0.1) is 78.7 Å². The molecule has 0 spiro atoms. The molecule has 8 aromatic carbocycles. The second kappa shape index (κ2) is 42.9. The highest BCUT2D eigenvalue weighted by Crippen LogP contribution is 2.40. The van der Waals surface area contributed by atoms with Crippen LogP contribution < -0.4 is 5.73 Å². The number of rotatable bonds is 38. The zero-order chi connectivity index (χ0) is 78.7. The van der Waals surface area contributed by atoms with Crippen LogP contribution in [0.5, 0.6) is 0 Å². The summed E-state index contributed by atoms with van der Waals surface area (Å²) in [5.74, 6) is -3.27. The summed E-state index contributed by atoms with van der Waals surface area (Å²) in [5, 5.41) is 12.4. The van der Waals surface area contributed by atoms with Crippen LogP contribution >= 0.6 is 0 Å². The van der Waals surface area contributed by atoms with Gasteiger partial charge in [0.15, 0.2) is 43.5 Å². The molecule has 8 aromatic rings. The topological polar surface area (TPSA) is 290 Å². The van der Waals surface area contributed by atoms with E-state index in [1.807, 2.05) is 243 Å². The monoisotopic (exact) mass is 1550 g/mol. The summed E-state index contributed by atoms with van der Waals surface area (Å²) in [6.07, 6.45) is -26.3. The minimum Gasteiger partial charge on any atom is -0.463 e. The van der Waals surface area contributed by atoms with Crippen molar-refractivity contribution in [2.75, 3.05) is 26.4 Å². The molecule has 0 bridgehead atoms. The highest BCUT2D eigenvalue weighted by molar-refractivity contribution is 5.69. The van der Waals surface area contributed by atoms with Crippen molar-refractivity contribution in [1.29, 1.82) is 0 Å². The number of hydrogen-bond acceptors (Lipinski definition) is 25. The molecule has 25 heteroatoms. The highest BCUT2D eigenvalue weighted by atomic mass is 16.8. The Morgan fingerprint density at radius 1 is 0.283 bits per heavy atom. The fraction of sp³-hybridized carbons (Fsp3) is 0.409. The Morgan fingerprint density at radius 3 is 0.956 bits per heavy atom. The molecular formula is C88H99NO24. The number of nitrogens with two attached hydrogens (primary N) is 1. The number of esters is 4. The molecule has 0 amide bonds. The molecule has 12 rings (SSSR count). The smallest absolute Gasteiger partial charge is 0.303 e. The van der Waals surface area contributed by atoms with Crippen LogP contribution in [0.15, 0.2) is 243 Å². The van der Waals surface area contributed by atoms with E-state index in [1.165, 1.54) is 6.92 Å². The molecule has 0 aromatic heterocycles. The Morgan fingerprint density at radius 2 is 0.566 bits per heavy atom. The van der Waals surface area contributed by atoms with Crippen LogP contribution in [0, 0.1) is 0 Å². The van der Waals surface area contributed by atoms with Gasteiger partial charge in [-0.25, -0.2) is 0 Å². The first-order valence-corrected chi connectivity index (χ1v) is 38.0. The minimum atomic E-state index is -1.76. The maximum absolute atomic E-state index is 13.4. The Balaban J connectivity index is 0.992. The molecule has 20 atom stereocenters. The summed E-state index contributed by atoms with van der Waals surface area (Å²) in [6.45, 7) is 3.77. The molecular weight excluding hydrogens is 1450 g/mol. The van der Waals surface area contributed by atoms with E-state index in [9.17, 15) is 24.3 Å². The van der Waals surface area contributed by atoms with Gasteiger partial charge in [0.2, 0.25) is 0 Å². The second-order valence-electron chi connectivity index (χ2n) is 27.9. The quantitative estimate of drug-likeness (QED) is 0.0268. The van der Waals surface area contributed by atoms with Crippen molar-refractivity contribution in [2.45, 2.75) is 203 Å². The molecule has 0 unspecified atom stereocenters. The molecule has 0 radical (unpaired) electrons. The molecule has 0 aliphatic carbocycles. The predicted octanol–water partition coefficient (Wildman–Crippen LogP) is 10.3. The molecule has 4 heterocycles. The van der Waals surface area contributed by atoms with E-state index in [-0.39, 0.29) is 72.7 Å². The zero-order valence-electron chi connectivity index (χ0n) is 63.5. The van der Waals surface area contributed by atoms with Gasteiger partial charge in [0.25, 0.3) is 0 Å². The molecule has 113 heavy (non-hydrogen) atoms. The van der Waals surface area contributed by atoms with Crippen LogP contribution in [0.1, 0.15) is 72.2 Å². The Hall–Kier alpha value is -9.04. The highest BCUT2D eigenvalue weighted by Gasteiger charge is 2.59. The van der Waals surface area contributed by atoms with Crippen LogP contribution in [0.25, 0.3) is 0 Å². The maximum Gasteiger partial charge on any atom is 0.303 e. The van der Waals surface area contributed by atoms with Gasteiger partial charge >= 0.3 is 23.9 Å². The fourth-order valence-electron chi connectivity index (χ4n) is 14.0. The first-order valence-electron chi connectivity index (χ1n) is 38.0. The number of aliphatic hydroxyl groups is 1. The third-order valence-corrected chi connectivity index (χ3v) is 19.3. The third kappa shape index (κ3) is 24.5. The van der Waals surface area contributed by atoms with Gasteiger partial charge in [-0.1, -0.05) is 243 Å². The van der Waals surface area contributed by atoms with E-state index in [1.54, 1.807) is 0 Å². The second-order valence-corrected chi connectivity index (χ2v) is 27.9. The number of carbonyl (C=O) groups is 4. The minimum absolute atomic E-state index is 0.00803. The molecule has 4 saturated heterocycles. The van der Waals surface area contributed by atoms with Crippen molar-refractivity contribution >= 4 is 23.9 Å². The van der Waals surface area contributed by atoms with Gasteiger partial charge < -0.3 is 101 Å². The largest absolute Gasteiger partial charge is 0.463 e. The molecule has 4 aliphatic rings. The number of ether oxygens (including phenoxy) is 19. The molecule has 25 nitrogen and oxygen atoms in total. The van der Waals surface area contributed by atoms with Gasteiger partial charge in [0, 0.05) is 27.7 Å². The van der Waals surface area contributed by atoms with E-state index in [4.69, 9.17) is 95.7 Å². The SMILES string of the molecule is CC(=O)OC[C@H]1O[C@@H](O[C@H]2[C@H](OCc3ccccc3)[C@@H](N)[C@H](O[C@H]3[C@@H](OCc4ccccc4)[C@@H](COCc4ccccc4)O[C@@H](O[C@H]4[C@H](OCc5ccccc5)[C@@H](OCc5ccccc5)[C@H](O)O[C@@H]4COCc4ccccc4)[C@@H]3OCc3ccccc3)O[C@@H]2COCc2ccccc2)[C@H](OC(C)=O)[C@@H](OC(C)=O)[C@H]1OC(C)=O. The fourth-order valence-corrected chi connectivity index (χ4v) is 14.0. The van der Waals surface area contributed by atoms with Crippen LogP contribution in [0.3, 0.4) is 0 Å². The van der Waals surface area contributed by atoms with Crippen molar-refractivity contribution in [3.63, 3.8) is 0 Å². The van der Waals surface area contributed by atoms with Gasteiger partial charge in [-0.2, -0.15) is 0 Å².